The minimum absolute atomic E-state index is 0.165. The van der Waals surface area contributed by atoms with Crippen molar-refractivity contribution in [2.45, 2.75) is 13.3 Å². The van der Waals surface area contributed by atoms with E-state index < -0.39 is 0 Å². The fourth-order valence-corrected chi connectivity index (χ4v) is 2.47. The number of carbonyl (C=O) groups excluding carboxylic acids is 1. The van der Waals surface area contributed by atoms with Crippen LogP contribution in [0.5, 0.6) is 0 Å². The molecule has 0 aromatic carbocycles. The van der Waals surface area contributed by atoms with Gasteiger partial charge in [-0.1, -0.05) is 0 Å². The van der Waals surface area contributed by atoms with Gasteiger partial charge in [0.15, 0.2) is 10.8 Å². The van der Waals surface area contributed by atoms with E-state index in [0.717, 1.165) is 4.88 Å². The summed E-state index contributed by atoms with van der Waals surface area (Å²) in [4.78, 5) is 18.9. The quantitative estimate of drug-likeness (QED) is 0.860. The monoisotopic (exact) mass is 275 g/mol. The van der Waals surface area contributed by atoms with Gasteiger partial charge in [0.05, 0.1) is 18.8 Å². The fourth-order valence-electron chi connectivity index (χ4n) is 1.60. The van der Waals surface area contributed by atoms with Crippen molar-refractivity contribution in [3.05, 3.63) is 29.0 Å². The number of thiazole rings is 1. The fraction of sp³-hybridized carbons (Fsp3) is 0.308. The van der Waals surface area contributed by atoms with Crippen LogP contribution in [-0.4, -0.2) is 29.4 Å². The first-order valence-corrected chi connectivity index (χ1v) is 6.59. The second kappa shape index (κ2) is 5.67. The molecule has 98 valence electrons. The van der Waals surface area contributed by atoms with E-state index in [4.69, 9.17) is 9.68 Å². The summed E-state index contributed by atoms with van der Waals surface area (Å²) in [5, 5.41) is 9.23. The van der Waals surface area contributed by atoms with E-state index in [1.165, 1.54) is 16.2 Å². The molecule has 0 aliphatic heterocycles. The third kappa shape index (κ3) is 2.83. The van der Waals surface area contributed by atoms with Crippen molar-refractivity contribution < 1.29 is 9.21 Å². The molecule has 0 atom stereocenters. The molecule has 1 amide bonds. The lowest BCUT2D eigenvalue weighted by Crippen LogP contribution is -2.28. The van der Waals surface area contributed by atoms with Crippen LogP contribution in [0.25, 0.3) is 10.8 Å². The molecule has 2 heterocycles. The molecule has 0 saturated heterocycles. The molecule has 19 heavy (non-hydrogen) atoms. The molecule has 6 heteroatoms. The van der Waals surface area contributed by atoms with Crippen LogP contribution < -0.4 is 0 Å². The molecule has 5 nitrogen and oxygen atoms in total. The van der Waals surface area contributed by atoms with Crippen LogP contribution >= 0.6 is 11.3 Å². The van der Waals surface area contributed by atoms with Crippen LogP contribution in [0.4, 0.5) is 0 Å². The van der Waals surface area contributed by atoms with Crippen molar-refractivity contribution in [3.63, 3.8) is 0 Å². The topological polar surface area (TPSA) is 70.1 Å². The Bertz CT molecular complexity index is 610. The van der Waals surface area contributed by atoms with E-state index in [9.17, 15) is 4.79 Å². The number of aromatic nitrogens is 1. The molecule has 0 spiro atoms. The highest BCUT2D eigenvalue weighted by atomic mass is 32.1. The lowest BCUT2D eigenvalue weighted by Gasteiger charge is -2.13. The average Bonchev–Trinajstić information content (AvgIpc) is 3.03. The van der Waals surface area contributed by atoms with Gasteiger partial charge in [0.1, 0.15) is 5.69 Å². The van der Waals surface area contributed by atoms with Gasteiger partial charge in [0, 0.05) is 18.5 Å². The molecular formula is C13H13N3O2S. The van der Waals surface area contributed by atoms with Gasteiger partial charge in [0.2, 0.25) is 0 Å². The van der Waals surface area contributed by atoms with Gasteiger partial charge in [-0.3, -0.25) is 4.79 Å². The van der Waals surface area contributed by atoms with Crippen molar-refractivity contribution >= 4 is 17.2 Å². The van der Waals surface area contributed by atoms with Crippen molar-refractivity contribution in [1.29, 1.82) is 5.26 Å². The molecule has 2 rings (SSSR count). The summed E-state index contributed by atoms with van der Waals surface area (Å²) >= 11 is 1.42. The second-order valence-corrected chi connectivity index (χ2v) is 5.24. The Balaban J connectivity index is 2.21. The molecule has 2 aromatic rings. The van der Waals surface area contributed by atoms with E-state index >= 15 is 0 Å². The third-order valence-electron chi connectivity index (χ3n) is 2.64. The molecule has 0 aliphatic carbocycles. The summed E-state index contributed by atoms with van der Waals surface area (Å²) < 4.78 is 5.27. The number of rotatable bonds is 4. The van der Waals surface area contributed by atoms with Crippen molar-refractivity contribution in [2.75, 3.05) is 13.6 Å². The average molecular weight is 275 g/mol. The SMILES string of the molecule is Cc1sc(-c2ccco2)nc1C(=O)N(C)CCC#N. The van der Waals surface area contributed by atoms with E-state index in [1.54, 1.807) is 19.4 Å². The molecule has 0 radical (unpaired) electrons. The Labute approximate surface area is 115 Å². The van der Waals surface area contributed by atoms with Crippen LogP contribution in [0.2, 0.25) is 0 Å². The maximum atomic E-state index is 12.2. The summed E-state index contributed by atoms with van der Waals surface area (Å²) in [6, 6.07) is 5.62. The Hall–Kier alpha value is -2.13. The maximum absolute atomic E-state index is 12.2. The van der Waals surface area contributed by atoms with Crippen LogP contribution in [0.1, 0.15) is 21.8 Å². The minimum atomic E-state index is -0.165. The molecule has 0 aliphatic rings. The summed E-state index contributed by atoms with van der Waals surface area (Å²) in [6.07, 6.45) is 1.89. The zero-order chi connectivity index (χ0) is 13.8. The lowest BCUT2D eigenvalue weighted by molar-refractivity contribution is 0.0792. The van der Waals surface area contributed by atoms with E-state index in [0.29, 0.717) is 29.4 Å². The molecule has 0 fully saturated rings. The van der Waals surface area contributed by atoms with Crippen LogP contribution in [-0.2, 0) is 0 Å². The van der Waals surface area contributed by atoms with Crippen molar-refractivity contribution in [3.8, 4) is 16.8 Å². The van der Waals surface area contributed by atoms with Gasteiger partial charge >= 0.3 is 0 Å². The smallest absolute Gasteiger partial charge is 0.273 e. The summed E-state index contributed by atoms with van der Waals surface area (Å²) in [6.45, 7) is 2.26. The van der Waals surface area contributed by atoms with Crippen LogP contribution in [0.3, 0.4) is 0 Å². The number of furan rings is 1. The summed E-state index contributed by atoms with van der Waals surface area (Å²) in [7, 11) is 1.67. The predicted octanol–water partition coefficient (Wildman–Crippen LogP) is 2.70. The van der Waals surface area contributed by atoms with Gasteiger partial charge in [0.25, 0.3) is 5.91 Å². The number of amides is 1. The van der Waals surface area contributed by atoms with Gasteiger partial charge in [-0.25, -0.2) is 4.98 Å². The highest BCUT2D eigenvalue weighted by molar-refractivity contribution is 7.15. The molecular weight excluding hydrogens is 262 g/mol. The lowest BCUT2D eigenvalue weighted by atomic mass is 10.3. The highest BCUT2D eigenvalue weighted by Crippen LogP contribution is 2.28. The number of aryl methyl sites for hydroxylation is 1. The van der Waals surface area contributed by atoms with Crippen LogP contribution in [0.15, 0.2) is 22.8 Å². The summed E-state index contributed by atoms with van der Waals surface area (Å²) in [5.41, 5.74) is 0.428. The van der Waals surface area contributed by atoms with E-state index in [2.05, 4.69) is 4.98 Å². The van der Waals surface area contributed by atoms with E-state index in [-0.39, 0.29) is 5.91 Å². The van der Waals surface area contributed by atoms with E-state index in [1.807, 2.05) is 19.1 Å². The van der Waals surface area contributed by atoms with Gasteiger partial charge in [-0.2, -0.15) is 5.26 Å². The van der Waals surface area contributed by atoms with Gasteiger partial charge in [-0.05, 0) is 19.1 Å². The first-order chi connectivity index (χ1) is 9.13. The van der Waals surface area contributed by atoms with Crippen LogP contribution in [0, 0.1) is 18.3 Å². The standard InChI is InChI=1S/C13H13N3O2S/c1-9-11(13(17)16(2)7-4-6-14)15-12(19-9)10-5-3-8-18-10/h3,5,8H,4,7H2,1-2H3. The molecule has 0 saturated carbocycles. The third-order valence-corrected chi connectivity index (χ3v) is 3.62. The first-order valence-electron chi connectivity index (χ1n) is 5.77. The van der Waals surface area contributed by atoms with Gasteiger partial charge in [-0.15, -0.1) is 11.3 Å². The molecule has 0 unspecified atom stereocenters. The highest BCUT2D eigenvalue weighted by Gasteiger charge is 2.20. The largest absolute Gasteiger partial charge is 0.462 e. The molecule has 0 N–H and O–H groups in total. The number of nitriles is 1. The number of hydrogen-bond donors (Lipinski definition) is 0. The Kier molecular flexibility index (Phi) is 3.97. The molecule has 2 aromatic heterocycles. The number of nitrogens with zero attached hydrogens (tertiary/aromatic N) is 3. The van der Waals surface area contributed by atoms with Crippen molar-refractivity contribution in [1.82, 2.24) is 9.88 Å². The Morgan fingerprint density at radius 2 is 2.42 bits per heavy atom. The normalized spacial score (nSPS) is 10.2. The Morgan fingerprint density at radius 3 is 3.05 bits per heavy atom. The summed E-state index contributed by atoms with van der Waals surface area (Å²) in [5.74, 6) is 0.494. The molecule has 0 bridgehead atoms. The maximum Gasteiger partial charge on any atom is 0.273 e. The van der Waals surface area contributed by atoms with Crippen molar-refractivity contribution in [2.24, 2.45) is 0 Å². The first kappa shape index (κ1) is 13.3. The zero-order valence-electron chi connectivity index (χ0n) is 10.7. The minimum Gasteiger partial charge on any atom is -0.462 e. The Morgan fingerprint density at radius 1 is 1.63 bits per heavy atom. The predicted molar refractivity (Wildman–Crippen MR) is 71.7 cm³/mol. The zero-order valence-corrected chi connectivity index (χ0v) is 11.5. The number of hydrogen-bond acceptors (Lipinski definition) is 5. The second-order valence-electron chi connectivity index (χ2n) is 4.04. The number of carbonyl (C=O) groups is 1. The van der Waals surface area contributed by atoms with Gasteiger partial charge < -0.3 is 9.32 Å².